The molecule has 4 aromatic rings. The number of pyridine rings is 2. The highest BCUT2D eigenvalue weighted by Gasteiger charge is 2.31. The van der Waals surface area contributed by atoms with Crippen LogP contribution in [0.2, 0.25) is 0 Å². The normalized spacial score (nSPS) is 14.4. The molecule has 2 aromatic heterocycles. The molecule has 224 valence electrons. The van der Waals surface area contributed by atoms with Gasteiger partial charge in [-0.3, -0.25) is 4.79 Å². The first-order valence-electron chi connectivity index (χ1n) is 14.4. The van der Waals surface area contributed by atoms with E-state index in [1.807, 2.05) is 24.3 Å². The SMILES string of the molecule is Cc1nc(Nc2cccnc2F)c(-c2ccc(OCCc3ccc(F)cc3)cc2)c(N2CCC(C)(C)CC2)c1CC(=O)O. The van der Waals surface area contributed by atoms with Gasteiger partial charge in [0.05, 0.1) is 24.4 Å². The minimum absolute atomic E-state index is 0.174. The number of rotatable bonds is 10. The van der Waals surface area contributed by atoms with Gasteiger partial charge in [0.1, 0.15) is 17.4 Å². The molecule has 1 saturated heterocycles. The minimum Gasteiger partial charge on any atom is -0.493 e. The number of nitrogens with one attached hydrogen (secondary N) is 1. The van der Waals surface area contributed by atoms with Crippen LogP contribution >= 0.6 is 0 Å². The van der Waals surface area contributed by atoms with Crippen LogP contribution < -0.4 is 15.0 Å². The second-order valence-electron chi connectivity index (χ2n) is 11.7. The highest BCUT2D eigenvalue weighted by Crippen LogP contribution is 2.44. The van der Waals surface area contributed by atoms with Gasteiger partial charge in [-0.25, -0.2) is 14.4 Å². The molecule has 7 nitrogen and oxygen atoms in total. The maximum absolute atomic E-state index is 14.7. The minimum atomic E-state index is -0.946. The van der Waals surface area contributed by atoms with Crippen molar-refractivity contribution in [2.45, 2.75) is 46.5 Å². The topological polar surface area (TPSA) is 87.6 Å². The van der Waals surface area contributed by atoms with Crippen molar-refractivity contribution in [2.24, 2.45) is 5.41 Å². The van der Waals surface area contributed by atoms with E-state index in [4.69, 9.17) is 9.72 Å². The second kappa shape index (κ2) is 12.8. The van der Waals surface area contributed by atoms with Crippen molar-refractivity contribution in [1.82, 2.24) is 9.97 Å². The zero-order chi connectivity index (χ0) is 30.6. The number of hydrogen-bond donors (Lipinski definition) is 2. The summed E-state index contributed by atoms with van der Waals surface area (Å²) in [4.78, 5) is 22.8. The van der Waals surface area contributed by atoms with E-state index in [1.165, 1.54) is 18.3 Å². The third-order valence-electron chi connectivity index (χ3n) is 7.96. The number of carbonyl (C=O) groups is 1. The quantitative estimate of drug-likeness (QED) is 0.188. The summed E-state index contributed by atoms with van der Waals surface area (Å²) in [6.45, 7) is 8.20. The van der Waals surface area contributed by atoms with Crippen molar-refractivity contribution >= 4 is 23.2 Å². The zero-order valence-corrected chi connectivity index (χ0v) is 24.7. The number of piperidine rings is 1. The molecule has 0 atom stereocenters. The lowest BCUT2D eigenvalue weighted by Crippen LogP contribution is -2.38. The molecule has 0 bridgehead atoms. The maximum atomic E-state index is 14.7. The summed E-state index contributed by atoms with van der Waals surface area (Å²) in [7, 11) is 0. The summed E-state index contributed by atoms with van der Waals surface area (Å²) in [5, 5.41) is 13.0. The standard InChI is InChI=1S/C34H36F2N4O3/c1-22-27(21-29(41)42)31(40-18-15-34(2,3)16-19-40)30(33(38-22)39-28-5-4-17-37-32(28)36)24-8-12-26(13-9-24)43-20-14-23-6-10-25(35)11-7-23/h4-13,17H,14-16,18-21H2,1-3H3,(H,38,39)(H,41,42). The number of halogens is 2. The van der Waals surface area contributed by atoms with Gasteiger partial charge in [-0.05, 0) is 72.7 Å². The first-order chi connectivity index (χ1) is 20.6. The molecular formula is C34H36F2N4O3. The molecule has 0 amide bonds. The van der Waals surface area contributed by atoms with Crippen LogP contribution in [0.1, 0.15) is 43.5 Å². The number of nitrogens with zero attached hydrogens (tertiary/aromatic N) is 3. The Hall–Kier alpha value is -4.53. The summed E-state index contributed by atoms with van der Waals surface area (Å²) < 4.78 is 33.9. The lowest BCUT2D eigenvalue weighted by molar-refractivity contribution is -0.136. The van der Waals surface area contributed by atoms with Gasteiger partial charge >= 0.3 is 5.97 Å². The number of benzene rings is 2. The van der Waals surface area contributed by atoms with Gasteiger partial charge in [0.25, 0.3) is 0 Å². The van der Waals surface area contributed by atoms with Crippen LogP contribution in [-0.2, 0) is 17.6 Å². The fourth-order valence-corrected chi connectivity index (χ4v) is 5.40. The molecule has 1 aliphatic rings. The van der Waals surface area contributed by atoms with Crippen molar-refractivity contribution in [1.29, 1.82) is 0 Å². The number of carboxylic acid groups (broad SMARTS) is 1. The van der Waals surface area contributed by atoms with Gasteiger partial charge in [0.2, 0.25) is 5.95 Å². The average molecular weight is 587 g/mol. The molecule has 0 unspecified atom stereocenters. The van der Waals surface area contributed by atoms with Crippen LogP contribution in [0.5, 0.6) is 5.75 Å². The van der Waals surface area contributed by atoms with Gasteiger partial charge in [0.15, 0.2) is 0 Å². The van der Waals surface area contributed by atoms with E-state index in [0.29, 0.717) is 41.4 Å². The molecule has 43 heavy (non-hydrogen) atoms. The molecule has 1 aliphatic heterocycles. The van der Waals surface area contributed by atoms with Gasteiger partial charge in [-0.15, -0.1) is 0 Å². The largest absolute Gasteiger partial charge is 0.493 e. The highest BCUT2D eigenvalue weighted by atomic mass is 19.1. The number of aryl methyl sites for hydroxylation is 1. The Labute approximate surface area is 250 Å². The van der Waals surface area contributed by atoms with E-state index in [-0.39, 0.29) is 23.3 Å². The van der Waals surface area contributed by atoms with E-state index in [9.17, 15) is 18.7 Å². The van der Waals surface area contributed by atoms with Crippen LogP contribution in [0.4, 0.5) is 26.0 Å². The molecule has 0 aliphatic carbocycles. The molecule has 5 rings (SSSR count). The average Bonchev–Trinajstić information content (AvgIpc) is 2.97. The Morgan fingerprint density at radius 1 is 1.05 bits per heavy atom. The summed E-state index contributed by atoms with van der Waals surface area (Å²) in [6, 6.07) is 17.1. The fourth-order valence-electron chi connectivity index (χ4n) is 5.40. The fraction of sp³-hybridized carbons (Fsp3) is 0.324. The second-order valence-corrected chi connectivity index (χ2v) is 11.7. The smallest absolute Gasteiger partial charge is 0.307 e. The first kappa shape index (κ1) is 29.9. The molecule has 2 N–H and O–H groups in total. The van der Waals surface area contributed by atoms with Crippen LogP contribution in [0, 0.1) is 24.1 Å². The first-order valence-corrected chi connectivity index (χ1v) is 14.4. The van der Waals surface area contributed by atoms with E-state index < -0.39 is 11.9 Å². The predicted molar refractivity (Wildman–Crippen MR) is 164 cm³/mol. The number of aliphatic carboxylic acids is 1. The van der Waals surface area contributed by atoms with E-state index in [2.05, 4.69) is 29.0 Å². The number of hydrogen-bond acceptors (Lipinski definition) is 6. The molecule has 2 aromatic carbocycles. The Kier molecular flexibility index (Phi) is 8.89. The van der Waals surface area contributed by atoms with Crippen LogP contribution in [0.25, 0.3) is 11.1 Å². The lowest BCUT2D eigenvalue weighted by atomic mass is 9.82. The number of carboxylic acids is 1. The Bertz CT molecular complexity index is 1580. The highest BCUT2D eigenvalue weighted by molar-refractivity contribution is 5.93. The van der Waals surface area contributed by atoms with Gasteiger partial charge < -0.3 is 20.1 Å². The molecule has 0 radical (unpaired) electrons. The molecular weight excluding hydrogens is 550 g/mol. The van der Waals surface area contributed by atoms with Gasteiger partial charge in [-0.1, -0.05) is 38.1 Å². The summed E-state index contributed by atoms with van der Waals surface area (Å²) in [5.41, 5.74) is 4.81. The van der Waals surface area contributed by atoms with E-state index in [1.54, 1.807) is 31.2 Å². The summed E-state index contributed by atoms with van der Waals surface area (Å²) in [6.07, 6.45) is 3.71. The third-order valence-corrected chi connectivity index (χ3v) is 7.96. The van der Waals surface area contributed by atoms with Crippen LogP contribution in [-0.4, -0.2) is 40.7 Å². The Morgan fingerprint density at radius 2 is 1.74 bits per heavy atom. The monoisotopic (exact) mass is 586 g/mol. The molecule has 1 fully saturated rings. The molecule has 3 heterocycles. The lowest BCUT2D eigenvalue weighted by Gasteiger charge is -2.40. The maximum Gasteiger partial charge on any atom is 0.307 e. The summed E-state index contributed by atoms with van der Waals surface area (Å²) in [5.74, 6) is -0.800. The van der Waals surface area contributed by atoms with Gasteiger partial charge in [-0.2, -0.15) is 4.39 Å². The number of aromatic nitrogens is 2. The van der Waals surface area contributed by atoms with Crippen molar-refractivity contribution < 1.29 is 23.4 Å². The van der Waals surface area contributed by atoms with Crippen molar-refractivity contribution in [3.8, 4) is 16.9 Å². The van der Waals surface area contributed by atoms with Crippen molar-refractivity contribution in [3.63, 3.8) is 0 Å². The van der Waals surface area contributed by atoms with Gasteiger partial charge in [0, 0.05) is 42.5 Å². The van der Waals surface area contributed by atoms with E-state index in [0.717, 1.165) is 42.7 Å². The van der Waals surface area contributed by atoms with Crippen molar-refractivity contribution in [2.75, 3.05) is 29.9 Å². The van der Waals surface area contributed by atoms with Crippen LogP contribution in [0.15, 0.2) is 66.9 Å². The summed E-state index contributed by atoms with van der Waals surface area (Å²) >= 11 is 0. The molecule has 0 spiro atoms. The molecule has 9 heteroatoms. The van der Waals surface area contributed by atoms with Crippen molar-refractivity contribution in [3.05, 3.63) is 95.4 Å². The zero-order valence-electron chi connectivity index (χ0n) is 24.7. The number of anilines is 3. The van der Waals surface area contributed by atoms with E-state index >= 15 is 0 Å². The Balaban J connectivity index is 1.54. The number of ether oxygens (including phenoxy) is 1. The predicted octanol–water partition coefficient (Wildman–Crippen LogP) is 7.35. The molecule has 0 saturated carbocycles. The Morgan fingerprint density at radius 3 is 2.40 bits per heavy atom. The third kappa shape index (κ3) is 7.28. The van der Waals surface area contributed by atoms with Crippen LogP contribution in [0.3, 0.4) is 0 Å².